The number of rotatable bonds is 7. The molecule has 0 aliphatic rings. The molecule has 1 nitrogen and oxygen atoms in total. The van der Waals surface area contributed by atoms with Crippen LogP contribution in [0.3, 0.4) is 0 Å². The van der Waals surface area contributed by atoms with Gasteiger partial charge >= 0.3 is 0 Å². The summed E-state index contributed by atoms with van der Waals surface area (Å²) in [7, 11) is 0. The summed E-state index contributed by atoms with van der Waals surface area (Å²) in [6, 6.07) is 8.97. The Hall–Kier alpha value is -0.470. The van der Waals surface area contributed by atoms with Crippen LogP contribution in [0.1, 0.15) is 40.2 Å². The van der Waals surface area contributed by atoms with Gasteiger partial charge < -0.3 is 5.32 Å². The highest BCUT2D eigenvalue weighted by Gasteiger charge is 2.08. The van der Waals surface area contributed by atoms with Crippen molar-refractivity contribution in [3.8, 4) is 0 Å². The molecule has 0 radical (unpaired) electrons. The molecule has 0 saturated heterocycles. The van der Waals surface area contributed by atoms with E-state index >= 15 is 0 Å². The van der Waals surface area contributed by atoms with E-state index in [1.54, 1.807) is 0 Å². The highest BCUT2D eigenvalue weighted by Crippen LogP contribution is 2.27. The number of thioether (sulfide) groups is 1. The fourth-order valence-electron chi connectivity index (χ4n) is 1.54. The summed E-state index contributed by atoms with van der Waals surface area (Å²) >= 11 is 1.97. The first-order valence-corrected chi connectivity index (χ1v) is 7.83. The summed E-state index contributed by atoms with van der Waals surface area (Å²) in [5, 5.41) is 4.15. The maximum absolute atomic E-state index is 3.47. The number of benzene rings is 1. The molecule has 2 heteroatoms. The molecule has 0 bridgehead atoms. The van der Waals surface area contributed by atoms with E-state index in [0.29, 0.717) is 11.2 Å². The van der Waals surface area contributed by atoms with Crippen LogP contribution in [0.2, 0.25) is 0 Å². The zero-order chi connectivity index (χ0) is 13.5. The lowest BCUT2D eigenvalue weighted by Gasteiger charge is -2.15. The van der Waals surface area contributed by atoms with Crippen LogP contribution in [0.25, 0.3) is 0 Å². The van der Waals surface area contributed by atoms with Crippen LogP contribution < -0.4 is 5.32 Å². The average Bonchev–Trinajstić information content (AvgIpc) is 2.30. The van der Waals surface area contributed by atoms with E-state index in [1.165, 1.54) is 10.5 Å². The standard InChI is InChI=1S/C16H27NS/c1-12(2)10-17-11-15-6-8-16(9-7-15)18-14(5)13(3)4/h6-9,12-14,17H,10-11H2,1-5H3. The third-order valence-electron chi connectivity index (χ3n) is 3.07. The van der Waals surface area contributed by atoms with Crippen molar-refractivity contribution >= 4 is 11.8 Å². The Morgan fingerprint density at radius 3 is 2.11 bits per heavy atom. The fourth-order valence-corrected chi connectivity index (χ4v) is 2.54. The minimum atomic E-state index is 0.676. The van der Waals surface area contributed by atoms with E-state index in [2.05, 4.69) is 64.2 Å². The van der Waals surface area contributed by atoms with Gasteiger partial charge in [-0.3, -0.25) is 0 Å². The Kier molecular flexibility index (Phi) is 6.80. The Balaban J connectivity index is 2.42. The van der Waals surface area contributed by atoms with E-state index < -0.39 is 0 Å². The van der Waals surface area contributed by atoms with Crippen LogP contribution in [0, 0.1) is 11.8 Å². The van der Waals surface area contributed by atoms with E-state index in [9.17, 15) is 0 Å². The number of nitrogens with one attached hydrogen (secondary N) is 1. The van der Waals surface area contributed by atoms with Gasteiger partial charge in [-0.15, -0.1) is 11.8 Å². The molecule has 1 aromatic rings. The molecule has 1 N–H and O–H groups in total. The highest BCUT2D eigenvalue weighted by atomic mass is 32.2. The van der Waals surface area contributed by atoms with Crippen LogP contribution in [0.15, 0.2) is 29.2 Å². The molecule has 0 aliphatic carbocycles. The third-order valence-corrected chi connectivity index (χ3v) is 4.53. The van der Waals surface area contributed by atoms with Crippen molar-refractivity contribution in [2.45, 2.75) is 51.3 Å². The first kappa shape index (κ1) is 15.6. The van der Waals surface area contributed by atoms with E-state index in [4.69, 9.17) is 0 Å². The van der Waals surface area contributed by atoms with Crippen molar-refractivity contribution in [3.63, 3.8) is 0 Å². The van der Waals surface area contributed by atoms with Gasteiger partial charge in [0.1, 0.15) is 0 Å². The molecule has 0 fully saturated rings. The molecule has 1 aromatic carbocycles. The summed E-state index contributed by atoms with van der Waals surface area (Å²) < 4.78 is 0. The zero-order valence-electron chi connectivity index (χ0n) is 12.4. The Morgan fingerprint density at radius 2 is 1.61 bits per heavy atom. The van der Waals surface area contributed by atoms with E-state index in [-0.39, 0.29) is 0 Å². The maximum Gasteiger partial charge on any atom is 0.0205 e. The second-order valence-corrected chi connectivity index (χ2v) is 7.19. The van der Waals surface area contributed by atoms with Gasteiger partial charge in [-0.05, 0) is 36.1 Å². The van der Waals surface area contributed by atoms with Crippen LogP contribution in [0.5, 0.6) is 0 Å². The van der Waals surface area contributed by atoms with Gasteiger partial charge in [-0.1, -0.05) is 46.8 Å². The molecule has 0 spiro atoms. The minimum absolute atomic E-state index is 0.676. The van der Waals surface area contributed by atoms with Crippen LogP contribution in [-0.2, 0) is 6.54 Å². The molecular weight excluding hydrogens is 238 g/mol. The predicted octanol–water partition coefficient (Wildman–Crippen LogP) is 4.57. The first-order valence-electron chi connectivity index (χ1n) is 6.95. The predicted molar refractivity (Wildman–Crippen MR) is 83.1 cm³/mol. The Labute approximate surface area is 117 Å². The van der Waals surface area contributed by atoms with Crippen molar-refractivity contribution in [2.75, 3.05) is 6.54 Å². The molecule has 102 valence electrons. The SMILES string of the molecule is CC(C)CNCc1ccc(SC(C)C(C)C)cc1. The smallest absolute Gasteiger partial charge is 0.0205 e. The van der Waals surface area contributed by atoms with Crippen LogP contribution >= 0.6 is 11.8 Å². The van der Waals surface area contributed by atoms with Crippen molar-refractivity contribution in [3.05, 3.63) is 29.8 Å². The number of hydrogen-bond donors (Lipinski definition) is 1. The summed E-state index contributed by atoms with van der Waals surface area (Å²) in [4.78, 5) is 1.38. The molecule has 0 aliphatic heterocycles. The first-order chi connectivity index (χ1) is 8.49. The summed E-state index contributed by atoms with van der Waals surface area (Å²) in [6.07, 6.45) is 0. The monoisotopic (exact) mass is 265 g/mol. The van der Waals surface area contributed by atoms with Crippen LogP contribution in [0.4, 0.5) is 0 Å². The van der Waals surface area contributed by atoms with Gasteiger partial charge in [0, 0.05) is 16.7 Å². The lowest BCUT2D eigenvalue weighted by atomic mass is 10.2. The molecule has 1 unspecified atom stereocenters. The molecule has 1 atom stereocenters. The van der Waals surface area contributed by atoms with Gasteiger partial charge in [-0.25, -0.2) is 0 Å². The van der Waals surface area contributed by atoms with Crippen LogP contribution in [-0.4, -0.2) is 11.8 Å². The summed E-state index contributed by atoms with van der Waals surface area (Å²) in [5.74, 6) is 1.44. The topological polar surface area (TPSA) is 12.0 Å². The summed E-state index contributed by atoms with van der Waals surface area (Å²) in [5.41, 5.74) is 1.37. The highest BCUT2D eigenvalue weighted by molar-refractivity contribution is 8.00. The van der Waals surface area contributed by atoms with Crippen molar-refractivity contribution in [1.82, 2.24) is 5.32 Å². The lowest BCUT2D eigenvalue weighted by molar-refractivity contribution is 0.552. The van der Waals surface area contributed by atoms with Crippen molar-refractivity contribution in [2.24, 2.45) is 11.8 Å². The molecule has 0 heterocycles. The van der Waals surface area contributed by atoms with E-state index in [1.807, 2.05) is 11.8 Å². The second kappa shape index (κ2) is 7.85. The van der Waals surface area contributed by atoms with Gasteiger partial charge in [0.05, 0.1) is 0 Å². The molecule has 0 saturated carbocycles. The molecule has 1 rings (SSSR count). The van der Waals surface area contributed by atoms with Crippen molar-refractivity contribution in [1.29, 1.82) is 0 Å². The molecule has 0 amide bonds. The number of hydrogen-bond acceptors (Lipinski definition) is 2. The molecular formula is C16H27NS. The average molecular weight is 265 g/mol. The third kappa shape index (κ3) is 5.92. The Morgan fingerprint density at radius 1 is 1.00 bits per heavy atom. The fraction of sp³-hybridized carbons (Fsp3) is 0.625. The normalized spacial score (nSPS) is 13.3. The zero-order valence-corrected chi connectivity index (χ0v) is 13.2. The summed E-state index contributed by atoms with van der Waals surface area (Å²) in [6.45, 7) is 13.4. The molecule has 0 aromatic heterocycles. The van der Waals surface area contributed by atoms with Gasteiger partial charge in [0.2, 0.25) is 0 Å². The quantitative estimate of drug-likeness (QED) is 0.725. The molecule has 18 heavy (non-hydrogen) atoms. The maximum atomic E-state index is 3.47. The minimum Gasteiger partial charge on any atom is -0.312 e. The van der Waals surface area contributed by atoms with Gasteiger partial charge in [0.25, 0.3) is 0 Å². The Bertz CT molecular complexity index is 329. The van der Waals surface area contributed by atoms with E-state index in [0.717, 1.165) is 19.0 Å². The second-order valence-electron chi connectivity index (χ2n) is 5.74. The largest absolute Gasteiger partial charge is 0.312 e. The van der Waals surface area contributed by atoms with Gasteiger partial charge in [-0.2, -0.15) is 0 Å². The van der Waals surface area contributed by atoms with Crippen molar-refractivity contribution < 1.29 is 0 Å². The lowest BCUT2D eigenvalue weighted by Crippen LogP contribution is -2.18. The van der Waals surface area contributed by atoms with Gasteiger partial charge in [0.15, 0.2) is 0 Å².